The molecule has 1 aromatic rings. The smallest absolute Gasteiger partial charge is 0.303 e. The van der Waals surface area contributed by atoms with E-state index in [-0.39, 0.29) is 18.1 Å². The zero-order chi connectivity index (χ0) is 15.0. The highest BCUT2D eigenvalue weighted by molar-refractivity contribution is 9.10. The van der Waals surface area contributed by atoms with Gasteiger partial charge in [0.1, 0.15) is 0 Å². The Bertz CT molecular complexity index is 550. The van der Waals surface area contributed by atoms with Crippen molar-refractivity contribution in [3.05, 3.63) is 21.2 Å². The second-order valence-electron chi connectivity index (χ2n) is 5.40. The summed E-state index contributed by atoms with van der Waals surface area (Å²) < 4.78 is 6.15. The van der Waals surface area contributed by atoms with E-state index in [0.29, 0.717) is 17.2 Å². The van der Waals surface area contributed by atoms with Crippen molar-refractivity contribution in [2.45, 2.75) is 39.0 Å². The van der Waals surface area contributed by atoms with E-state index in [4.69, 9.17) is 9.84 Å². The third-order valence-electron chi connectivity index (χ3n) is 4.03. The second-order valence-corrected chi connectivity index (χ2v) is 6.19. The molecule has 0 saturated heterocycles. The molecule has 1 unspecified atom stereocenters. The number of ether oxygens (including phenoxy) is 1. The molecule has 0 heterocycles. The highest BCUT2D eigenvalue weighted by Crippen LogP contribution is 2.52. The van der Waals surface area contributed by atoms with Crippen molar-refractivity contribution in [2.75, 3.05) is 7.11 Å². The van der Waals surface area contributed by atoms with Gasteiger partial charge in [-0.2, -0.15) is 0 Å². The van der Waals surface area contributed by atoms with Crippen LogP contribution in [0.4, 0.5) is 0 Å². The van der Waals surface area contributed by atoms with Gasteiger partial charge in [0.2, 0.25) is 0 Å². The van der Waals surface area contributed by atoms with Crippen LogP contribution in [0, 0.1) is 19.8 Å². The molecule has 1 aromatic carbocycles. The van der Waals surface area contributed by atoms with Crippen LogP contribution in [0.2, 0.25) is 0 Å². The number of hydrogen-bond acceptors (Lipinski definition) is 3. The van der Waals surface area contributed by atoms with Gasteiger partial charge in [0.05, 0.1) is 13.5 Å². The fourth-order valence-electron chi connectivity index (χ4n) is 2.87. The van der Waals surface area contributed by atoms with Gasteiger partial charge in [-0.15, -0.1) is 0 Å². The monoisotopic (exact) mass is 342 g/mol. The van der Waals surface area contributed by atoms with E-state index in [1.54, 1.807) is 0 Å². The molecule has 0 radical (unpaired) electrons. The number of rotatable bonds is 5. The van der Waals surface area contributed by atoms with Crippen LogP contribution in [0.3, 0.4) is 0 Å². The van der Waals surface area contributed by atoms with Gasteiger partial charge in [0, 0.05) is 21.5 Å². The Morgan fingerprint density at radius 3 is 2.45 bits per heavy atom. The second kappa shape index (κ2) is 5.64. The average Bonchev–Trinajstić information content (AvgIpc) is 3.19. The predicted octanol–water partition coefficient (Wildman–Crippen LogP) is 3.75. The number of carbonyl (C=O) groups is 1. The molecule has 5 heteroatoms. The van der Waals surface area contributed by atoms with Crippen molar-refractivity contribution in [3.8, 4) is 11.5 Å². The molecule has 1 fully saturated rings. The number of halogens is 1. The summed E-state index contributed by atoms with van der Waals surface area (Å²) in [5.41, 5.74) is 2.44. The molecule has 0 bridgehead atoms. The summed E-state index contributed by atoms with van der Waals surface area (Å²) in [5.74, 6) is -0.137. The fourth-order valence-corrected chi connectivity index (χ4v) is 3.26. The molecule has 20 heavy (non-hydrogen) atoms. The lowest BCUT2D eigenvalue weighted by Crippen LogP contribution is -2.11. The number of benzene rings is 1. The van der Waals surface area contributed by atoms with E-state index in [9.17, 15) is 9.90 Å². The summed E-state index contributed by atoms with van der Waals surface area (Å²) in [6, 6.07) is 0. The minimum absolute atomic E-state index is 0.0394. The van der Waals surface area contributed by atoms with Crippen molar-refractivity contribution in [1.29, 1.82) is 0 Å². The number of aromatic hydroxyl groups is 1. The van der Waals surface area contributed by atoms with Gasteiger partial charge in [-0.1, -0.05) is 15.9 Å². The number of phenolic OH excluding ortho intramolecular Hbond substituents is 1. The Morgan fingerprint density at radius 1 is 1.40 bits per heavy atom. The maximum absolute atomic E-state index is 11.1. The first kappa shape index (κ1) is 15.2. The molecule has 0 aromatic heterocycles. The molecule has 4 nitrogen and oxygen atoms in total. The van der Waals surface area contributed by atoms with Gasteiger partial charge >= 0.3 is 5.97 Å². The van der Waals surface area contributed by atoms with E-state index in [1.165, 1.54) is 7.11 Å². The molecule has 0 spiro atoms. The van der Waals surface area contributed by atoms with Crippen molar-refractivity contribution in [2.24, 2.45) is 5.92 Å². The van der Waals surface area contributed by atoms with Crippen molar-refractivity contribution < 1.29 is 19.7 Å². The Kier molecular flexibility index (Phi) is 4.28. The molecular formula is C15H19BrO4. The number of carboxylic acids is 1. The maximum Gasteiger partial charge on any atom is 0.303 e. The minimum Gasteiger partial charge on any atom is -0.504 e. The SMILES string of the molecule is COc1c(C)c(Br)c(C)c(C(CC(=O)O)C2CC2)c1O. The summed E-state index contributed by atoms with van der Waals surface area (Å²) in [4.78, 5) is 11.1. The first-order chi connectivity index (χ1) is 9.38. The first-order valence-corrected chi connectivity index (χ1v) is 7.45. The number of carboxylic acid groups (broad SMARTS) is 1. The predicted molar refractivity (Wildman–Crippen MR) is 79.6 cm³/mol. The lowest BCUT2D eigenvalue weighted by molar-refractivity contribution is -0.137. The quantitative estimate of drug-likeness (QED) is 0.855. The van der Waals surface area contributed by atoms with Crippen molar-refractivity contribution in [3.63, 3.8) is 0 Å². The van der Waals surface area contributed by atoms with Gasteiger partial charge in [-0.25, -0.2) is 0 Å². The molecule has 1 atom stereocenters. The van der Waals surface area contributed by atoms with E-state index in [0.717, 1.165) is 28.4 Å². The zero-order valence-electron chi connectivity index (χ0n) is 11.9. The topological polar surface area (TPSA) is 66.8 Å². The molecule has 0 amide bonds. The average molecular weight is 343 g/mol. The summed E-state index contributed by atoms with van der Waals surface area (Å²) in [7, 11) is 1.51. The molecule has 2 rings (SSSR count). The van der Waals surface area contributed by atoms with Gasteiger partial charge in [-0.05, 0) is 38.2 Å². The highest BCUT2D eigenvalue weighted by atomic mass is 79.9. The molecule has 0 aliphatic heterocycles. The maximum atomic E-state index is 11.1. The van der Waals surface area contributed by atoms with Crippen LogP contribution in [-0.4, -0.2) is 23.3 Å². The normalized spacial score (nSPS) is 16.0. The Hall–Kier alpha value is -1.23. The summed E-state index contributed by atoms with van der Waals surface area (Å²) in [5, 5.41) is 19.6. The van der Waals surface area contributed by atoms with Crippen LogP contribution in [0.25, 0.3) is 0 Å². The van der Waals surface area contributed by atoms with Gasteiger partial charge in [0.25, 0.3) is 0 Å². The van der Waals surface area contributed by atoms with Crippen LogP contribution >= 0.6 is 15.9 Å². The summed E-state index contributed by atoms with van der Waals surface area (Å²) in [6.45, 7) is 3.77. The number of aliphatic carboxylic acids is 1. The Morgan fingerprint density at radius 2 is 2.00 bits per heavy atom. The largest absolute Gasteiger partial charge is 0.504 e. The van der Waals surface area contributed by atoms with Gasteiger partial charge in [-0.3, -0.25) is 4.79 Å². The Labute approximate surface area is 126 Å². The van der Waals surface area contributed by atoms with E-state index >= 15 is 0 Å². The van der Waals surface area contributed by atoms with Gasteiger partial charge < -0.3 is 14.9 Å². The highest BCUT2D eigenvalue weighted by Gasteiger charge is 2.37. The summed E-state index contributed by atoms with van der Waals surface area (Å²) >= 11 is 3.52. The molecule has 1 aliphatic rings. The summed E-state index contributed by atoms with van der Waals surface area (Å²) in [6.07, 6.45) is 2.08. The van der Waals surface area contributed by atoms with E-state index < -0.39 is 5.97 Å². The van der Waals surface area contributed by atoms with Crippen LogP contribution < -0.4 is 4.74 Å². The van der Waals surface area contributed by atoms with Crippen LogP contribution in [-0.2, 0) is 4.79 Å². The third kappa shape index (κ3) is 2.64. The number of hydrogen-bond donors (Lipinski definition) is 2. The van der Waals surface area contributed by atoms with Gasteiger partial charge in [0.15, 0.2) is 11.5 Å². The molecule has 1 saturated carbocycles. The molecular weight excluding hydrogens is 324 g/mol. The minimum atomic E-state index is -0.837. The molecule has 2 N–H and O–H groups in total. The standard InChI is InChI=1S/C15H19BrO4/c1-7-12(10(6-11(17)18)9-4-5-9)14(19)15(20-3)8(2)13(7)16/h9-10,19H,4-6H2,1-3H3,(H,17,18). The van der Waals surface area contributed by atoms with Crippen LogP contribution in [0.5, 0.6) is 11.5 Å². The van der Waals surface area contributed by atoms with E-state index in [1.807, 2.05) is 13.8 Å². The Balaban J connectivity index is 2.59. The zero-order valence-corrected chi connectivity index (χ0v) is 13.5. The number of phenols is 1. The molecule has 1 aliphatic carbocycles. The molecule has 110 valence electrons. The third-order valence-corrected chi connectivity index (χ3v) is 5.22. The first-order valence-electron chi connectivity index (χ1n) is 6.65. The fraction of sp³-hybridized carbons (Fsp3) is 0.533. The van der Waals surface area contributed by atoms with Crippen LogP contribution in [0.15, 0.2) is 4.47 Å². The van der Waals surface area contributed by atoms with Crippen molar-refractivity contribution >= 4 is 21.9 Å². The lowest BCUT2D eigenvalue weighted by atomic mass is 9.86. The number of methoxy groups -OCH3 is 1. The lowest BCUT2D eigenvalue weighted by Gasteiger charge is -2.23. The van der Waals surface area contributed by atoms with Crippen LogP contribution in [0.1, 0.15) is 41.9 Å². The van der Waals surface area contributed by atoms with Crippen molar-refractivity contribution in [1.82, 2.24) is 0 Å². The van der Waals surface area contributed by atoms with E-state index in [2.05, 4.69) is 15.9 Å².